The standard InChI is InChI=1S/C18H18Cl2N2O2/c1-21(17(23)13-3-7-15(19)8-4-13)11-12-22(2)18(24)14-5-9-16(20)10-6-14/h3-10H,11-12H2,1-2H3. The molecular formula is C18H18Cl2N2O2. The van der Waals surface area contributed by atoms with Gasteiger partial charge in [-0.1, -0.05) is 23.2 Å². The van der Waals surface area contributed by atoms with E-state index in [0.717, 1.165) is 0 Å². The molecule has 2 rings (SSSR count). The van der Waals surface area contributed by atoms with E-state index in [9.17, 15) is 9.59 Å². The quantitative estimate of drug-likeness (QED) is 0.808. The van der Waals surface area contributed by atoms with Crippen LogP contribution in [0.4, 0.5) is 0 Å². The van der Waals surface area contributed by atoms with Gasteiger partial charge in [0.15, 0.2) is 0 Å². The molecule has 0 atom stereocenters. The molecule has 126 valence electrons. The summed E-state index contributed by atoms with van der Waals surface area (Å²) in [4.78, 5) is 27.8. The fraction of sp³-hybridized carbons (Fsp3) is 0.222. The summed E-state index contributed by atoms with van der Waals surface area (Å²) >= 11 is 11.6. The fourth-order valence-electron chi connectivity index (χ4n) is 2.13. The number of nitrogens with zero attached hydrogens (tertiary/aromatic N) is 2. The Morgan fingerprint density at radius 1 is 0.708 bits per heavy atom. The third-order valence-corrected chi connectivity index (χ3v) is 4.15. The molecule has 0 radical (unpaired) electrons. The van der Waals surface area contributed by atoms with Crippen LogP contribution in [0.5, 0.6) is 0 Å². The highest BCUT2D eigenvalue weighted by Gasteiger charge is 2.15. The number of halogens is 2. The Morgan fingerprint density at radius 2 is 1.00 bits per heavy atom. The molecule has 24 heavy (non-hydrogen) atoms. The van der Waals surface area contributed by atoms with Gasteiger partial charge >= 0.3 is 0 Å². The molecule has 0 saturated carbocycles. The lowest BCUT2D eigenvalue weighted by Crippen LogP contribution is -2.37. The predicted molar refractivity (Wildman–Crippen MR) is 96.8 cm³/mol. The van der Waals surface area contributed by atoms with Crippen molar-refractivity contribution in [3.8, 4) is 0 Å². The fourth-order valence-corrected chi connectivity index (χ4v) is 2.38. The highest BCUT2D eigenvalue weighted by atomic mass is 35.5. The van der Waals surface area contributed by atoms with Gasteiger partial charge in [0.25, 0.3) is 11.8 Å². The molecule has 0 unspecified atom stereocenters. The van der Waals surface area contributed by atoms with Crippen molar-refractivity contribution in [1.29, 1.82) is 0 Å². The Bertz CT molecular complexity index is 651. The van der Waals surface area contributed by atoms with E-state index < -0.39 is 0 Å². The van der Waals surface area contributed by atoms with Gasteiger partial charge in [0.1, 0.15) is 0 Å². The lowest BCUT2D eigenvalue weighted by atomic mass is 10.2. The molecule has 4 nitrogen and oxygen atoms in total. The molecule has 0 bridgehead atoms. The zero-order valence-corrected chi connectivity index (χ0v) is 15.0. The number of amides is 2. The first-order valence-corrected chi connectivity index (χ1v) is 8.16. The van der Waals surface area contributed by atoms with Crippen LogP contribution in [0.2, 0.25) is 10.0 Å². The third-order valence-electron chi connectivity index (χ3n) is 3.65. The van der Waals surface area contributed by atoms with E-state index >= 15 is 0 Å². The van der Waals surface area contributed by atoms with E-state index in [1.807, 2.05) is 0 Å². The molecule has 0 saturated heterocycles. The summed E-state index contributed by atoms with van der Waals surface area (Å²) < 4.78 is 0. The van der Waals surface area contributed by atoms with Crippen molar-refractivity contribution in [2.75, 3.05) is 27.2 Å². The molecule has 0 aliphatic carbocycles. The van der Waals surface area contributed by atoms with Gasteiger partial charge in [-0.3, -0.25) is 9.59 Å². The van der Waals surface area contributed by atoms with Gasteiger partial charge in [0.2, 0.25) is 0 Å². The monoisotopic (exact) mass is 364 g/mol. The van der Waals surface area contributed by atoms with Crippen LogP contribution in [0.25, 0.3) is 0 Å². The molecule has 2 aromatic carbocycles. The van der Waals surface area contributed by atoms with E-state index in [1.54, 1.807) is 72.4 Å². The average Bonchev–Trinajstić information content (AvgIpc) is 2.59. The van der Waals surface area contributed by atoms with Crippen molar-refractivity contribution in [3.63, 3.8) is 0 Å². The summed E-state index contributed by atoms with van der Waals surface area (Å²) in [5, 5.41) is 1.17. The van der Waals surface area contributed by atoms with E-state index in [2.05, 4.69) is 0 Å². The number of rotatable bonds is 5. The van der Waals surface area contributed by atoms with Crippen molar-refractivity contribution < 1.29 is 9.59 Å². The van der Waals surface area contributed by atoms with Crippen LogP contribution >= 0.6 is 23.2 Å². The van der Waals surface area contributed by atoms with Crippen LogP contribution in [-0.2, 0) is 0 Å². The molecule has 0 aliphatic rings. The second kappa shape index (κ2) is 8.18. The highest BCUT2D eigenvalue weighted by Crippen LogP contribution is 2.12. The SMILES string of the molecule is CN(CCN(C)C(=O)c1ccc(Cl)cc1)C(=O)c1ccc(Cl)cc1. The van der Waals surface area contributed by atoms with E-state index in [-0.39, 0.29) is 11.8 Å². The molecule has 2 amide bonds. The van der Waals surface area contributed by atoms with Crippen LogP contribution in [0.15, 0.2) is 48.5 Å². The van der Waals surface area contributed by atoms with Gasteiger partial charge in [-0.25, -0.2) is 0 Å². The minimum atomic E-state index is -0.112. The van der Waals surface area contributed by atoms with Crippen LogP contribution < -0.4 is 0 Å². The summed E-state index contributed by atoms with van der Waals surface area (Å²) in [6.07, 6.45) is 0. The molecule has 0 spiro atoms. The van der Waals surface area contributed by atoms with Crippen molar-refractivity contribution in [3.05, 3.63) is 69.7 Å². The second-order valence-corrected chi connectivity index (χ2v) is 6.34. The first-order chi connectivity index (χ1) is 11.4. The summed E-state index contributed by atoms with van der Waals surface area (Å²) in [6.45, 7) is 0.856. The van der Waals surface area contributed by atoms with Gasteiger partial charge in [-0.05, 0) is 48.5 Å². The van der Waals surface area contributed by atoms with E-state index in [4.69, 9.17) is 23.2 Å². The summed E-state index contributed by atoms with van der Waals surface area (Å²) in [5.41, 5.74) is 1.13. The zero-order chi connectivity index (χ0) is 17.7. The lowest BCUT2D eigenvalue weighted by Gasteiger charge is -2.22. The normalized spacial score (nSPS) is 10.3. The molecule has 0 N–H and O–H groups in total. The first-order valence-electron chi connectivity index (χ1n) is 7.40. The number of carbonyl (C=O) groups is 2. The van der Waals surface area contributed by atoms with Crippen molar-refractivity contribution >= 4 is 35.0 Å². The molecule has 0 aromatic heterocycles. The second-order valence-electron chi connectivity index (χ2n) is 5.47. The number of hydrogen-bond donors (Lipinski definition) is 0. The van der Waals surface area contributed by atoms with Crippen LogP contribution in [0, 0.1) is 0 Å². The van der Waals surface area contributed by atoms with Gasteiger partial charge in [-0.2, -0.15) is 0 Å². The van der Waals surface area contributed by atoms with Crippen LogP contribution in [0.3, 0.4) is 0 Å². The topological polar surface area (TPSA) is 40.6 Å². The Labute approximate surface area is 151 Å². The molecule has 2 aromatic rings. The number of hydrogen-bond acceptors (Lipinski definition) is 2. The number of carbonyl (C=O) groups excluding carboxylic acids is 2. The molecule has 0 fully saturated rings. The largest absolute Gasteiger partial charge is 0.340 e. The maximum absolute atomic E-state index is 12.3. The molecule has 0 heterocycles. The predicted octanol–water partition coefficient (Wildman–Crippen LogP) is 3.84. The van der Waals surface area contributed by atoms with Crippen molar-refractivity contribution in [2.24, 2.45) is 0 Å². The molecule has 0 aliphatic heterocycles. The van der Waals surface area contributed by atoms with Gasteiger partial charge in [0.05, 0.1) is 0 Å². The minimum Gasteiger partial charge on any atom is -0.340 e. The minimum absolute atomic E-state index is 0.112. The van der Waals surface area contributed by atoms with Gasteiger partial charge in [-0.15, -0.1) is 0 Å². The highest BCUT2D eigenvalue weighted by molar-refractivity contribution is 6.31. The maximum atomic E-state index is 12.3. The Morgan fingerprint density at radius 3 is 1.29 bits per heavy atom. The van der Waals surface area contributed by atoms with Crippen LogP contribution in [0.1, 0.15) is 20.7 Å². The van der Waals surface area contributed by atoms with E-state index in [1.165, 1.54) is 0 Å². The van der Waals surface area contributed by atoms with E-state index in [0.29, 0.717) is 34.3 Å². The lowest BCUT2D eigenvalue weighted by molar-refractivity contribution is 0.0719. The third kappa shape index (κ3) is 4.73. The number of likely N-dealkylation sites (N-methyl/N-ethyl adjacent to an activating group) is 2. The number of benzene rings is 2. The zero-order valence-electron chi connectivity index (χ0n) is 13.5. The summed E-state index contributed by atoms with van der Waals surface area (Å²) in [6, 6.07) is 13.5. The van der Waals surface area contributed by atoms with Crippen molar-refractivity contribution in [2.45, 2.75) is 0 Å². The van der Waals surface area contributed by atoms with Gasteiger partial charge in [0, 0.05) is 48.4 Å². The Balaban J connectivity index is 1.91. The molecular weight excluding hydrogens is 347 g/mol. The van der Waals surface area contributed by atoms with Crippen LogP contribution in [-0.4, -0.2) is 48.8 Å². The average molecular weight is 365 g/mol. The van der Waals surface area contributed by atoms with Crippen molar-refractivity contribution in [1.82, 2.24) is 9.80 Å². The maximum Gasteiger partial charge on any atom is 0.253 e. The summed E-state index contributed by atoms with van der Waals surface area (Å²) in [5.74, 6) is -0.224. The molecule has 6 heteroatoms. The smallest absolute Gasteiger partial charge is 0.253 e. The Hall–Kier alpha value is -2.04. The summed E-state index contributed by atoms with van der Waals surface area (Å²) in [7, 11) is 3.41. The van der Waals surface area contributed by atoms with Gasteiger partial charge < -0.3 is 9.80 Å². The first kappa shape index (κ1) is 18.3. The Kier molecular flexibility index (Phi) is 6.23.